The summed E-state index contributed by atoms with van der Waals surface area (Å²) in [6.07, 6.45) is 1.46. The number of benzene rings is 3. The van der Waals surface area contributed by atoms with E-state index in [2.05, 4.69) is 10.2 Å². The Morgan fingerprint density at radius 3 is 2.41 bits per heavy atom. The van der Waals surface area contributed by atoms with Crippen LogP contribution in [0.1, 0.15) is 11.1 Å². The lowest BCUT2D eigenvalue weighted by Crippen LogP contribution is -2.27. The monoisotopic (exact) mass is 483 g/mol. The molecular weight excluding hydrogens is 469 g/mol. The summed E-state index contributed by atoms with van der Waals surface area (Å²) in [6, 6.07) is 18.6. The molecule has 2 amide bonds. The zero-order valence-corrected chi connectivity index (χ0v) is 18.7. The number of phenolic OH excluding ortho intramolecular Hbond substituents is 1. The molecule has 0 bridgehead atoms. The number of hydrogen-bond donors (Lipinski definition) is 1. The summed E-state index contributed by atoms with van der Waals surface area (Å²) in [5.74, 6) is -0.512. The molecule has 1 heterocycles. The third-order valence-electron chi connectivity index (χ3n) is 4.58. The van der Waals surface area contributed by atoms with E-state index >= 15 is 0 Å². The number of aromatic hydroxyl groups is 1. The molecule has 0 aliphatic carbocycles. The van der Waals surface area contributed by atoms with E-state index in [1.54, 1.807) is 60.7 Å². The van der Waals surface area contributed by atoms with Crippen molar-refractivity contribution in [2.24, 2.45) is 10.2 Å². The standard InChI is InChI=1S/C23H15Cl2N3O3S/c24-17-6-2-1-5-14(17)13-28-22(30)21(32-23(28)31)12-15-11-16(9-10-20(15)29)26-27-19-8-4-3-7-18(19)25/h1-12,29H,13H2/b21-12-,27-26?. The smallest absolute Gasteiger partial charge is 0.293 e. The molecule has 3 aromatic rings. The van der Waals surface area contributed by atoms with Gasteiger partial charge in [-0.3, -0.25) is 14.5 Å². The minimum Gasteiger partial charge on any atom is -0.507 e. The Morgan fingerprint density at radius 2 is 1.66 bits per heavy atom. The molecule has 4 rings (SSSR count). The van der Waals surface area contributed by atoms with Gasteiger partial charge in [-0.15, -0.1) is 5.11 Å². The topological polar surface area (TPSA) is 82.3 Å². The van der Waals surface area contributed by atoms with Crippen LogP contribution in [0, 0.1) is 0 Å². The quantitative estimate of drug-likeness (QED) is 0.303. The van der Waals surface area contributed by atoms with E-state index in [1.807, 2.05) is 0 Å². The van der Waals surface area contributed by atoms with E-state index in [4.69, 9.17) is 23.2 Å². The first-order chi connectivity index (χ1) is 15.4. The number of amides is 2. The summed E-state index contributed by atoms with van der Waals surface area (Å²) in [5.41, 5.74) is 1.96. The molecule has 0 atom stereocenters. The van der Waals surface area contributed by atoms with Gasteiger partial charge in [0.05, 0.1) is 22.2 Å². The van der Waals surface area contributed by atoms with Crippen LogP contribution in [-0.4, -0.2) is 21.2 Å². The maximum atomic E-state index is 12.8. The van der Waals surface area contributed by atoms with Crippen molar-refractivity contribution in [3.05, 3.63) is 92.8 Å². The van der Waals surface area contributed by atoms with Gasteiger partial charge in [-0.25, -0.2) is 0 Å². The number of carbonyl (C=O) groups excluding carboxylic acids is 2. The van der Waals surface area contributed by atoms with Crippen LogP contribution in [0.15, 0.2) is 81.9 Å². The molecule has 6 nitrogen and oxygen atoms in total. The number of imide groups is 1. The lowest BCUT2D eigenvalue weighted by Gasteiger charge is -2.13. The highest BCUT2D eigenvalue weighted by atomic mass is 35.5. The predicted octanol–water partition coefficient (Wildman–Crippen LogP) is 7.35. The average molecular weight is 484 g/mol. The van der Waals surface area contributed by atoms with Gasteiger partial charge in [-0.2, -0.15) is 5.11 Å². The molecule has 0 spiro atoms. The Hall–Kier alpha value is -3.13. The van der Waals surface area contributed by atoms with E-state index in [-0.39, 0.29) is 17.2 Å². The zero-order chi connectivity index (χ0) is 22.7. The molecule has 32 heavy (non-hydrogen) atoms. The Morgan fingerprint density at radius 1 is 0.938 bits per heavy atom. The first-order valence-corrected chi connectivity index (χ1v) is 11.0. The second kappa shape index (κ2) is 9.56. The SMILES string of the molecule is O=C1S/C(=C\c2cc(N=Nc3ccccc3Cl)ccc2O)C(=O)N1Cc1ccccc1Cl. The molecule has 0 unspecified atom stereocenters. The largest absolute Gasteiger partial charge is 0.507 e. The lowest BCUT2D eigenvalue weighted by molar-refractivity contribution is -0.123. The van der Waals surface area contributed by atoms with Crippen molar-refractivity contribution in [2.45, 2.75) is 6.54 Å². The second-order valence-electron chi connectivity index (χ2n) is 6.75. The molecule has 1 saturated heterocycles. The zero-order valence-electron chi connectivity index (χ0n) is 16.4. The number of halogens is 2. The third kappa shape index (κ3) is 4.85. The number of nitrogens with zero attached hydrogens (tertiary/aromatic N) is 3. The normalized spacial score (nSPS) is 15.3. The van der Waals surface area contributed by atoms with Gasteiger partial charge >= 0.3 is 0 Å². The molecule has 3 aromatic carbocycles. The van der Waals surface area contributed by atoms with E-state index in [1.165, 1.54) is 12.1 Å². The fourth-order valence-electron chi connectivity index (χ4n) is 2.94. The average Bonchev–Trinajstić information content (AvgIpc) is 3.04. The van der Waals surface area contributed by atoms with Gasteiger partial charge < -0.3 is 5.11 Å². The van der Waals surface area contributed by atoms with Gasteiger partial charge in [0, 0.05) is 10.6 Å². The molecule has 0 radical (unpaired) electrons. The van der Waals surface area contributed by atoms with Crippen LogP contribution < -0.4 is 0 Å². The summed E-state index contributed by atoms with van der Waals surface area (Å²) in [4.78, 5) is 26.5. The fourth-order valence-corrected chi connectivity index (χ4v) is 4.14. The first-order valence-electron chi connectivity index (χ1n) is 9.40. The van der Waals surface area contributed by atoms with E-state index in [9.17, 15) is 14.7 Å². The van der Waals surface area contributed by atoms with Crippen LogP contribution in [0.3, 0.4) is 0 Å². The number of thioether (sulfide) groups is 1. The van der Waals surface area contributed by atoms with Gasteiger partial charge in [0.25, 0.3) is 11.1 Å². The van der Waals surface area contributed by atoms with Crippen LogP contribution in [0.25, 0.3) is 6.08 Å². The number of hydrogen-bond acceptors (Lipinski definition) is 6. The van der Waals surface area contributed by atoms with Crippen LogP contribution in [-0.2, 0) is 11.3 Å². The second-order valence-corrected chi connectivity index (χ2v) is 8.56. The van der Waals surface area contributed by atoms with Crippen LogP contribution in [0.5, 0.6) is 5.75 Å². The summed E-state index contributed by atoms with van der Waals surface area (Å²) in [5, 5.41) is 19.0. The summed E-state index contributed by atoms with van der Waals surface area (Å²) in [7, 11) is 0. The Balaban J connectivity index is 1.57. The number of phenols is 1. The van der Waals surface area contributed by atoms with Crippen LogP contribution >= 0.6 is 35.0 Å². The minimum absolute atomic E-state index is 0.0559. The highest BCUT2D eigenvalue weighted by molar-refractivity contribution is 8.18. The molecular formula is C23H15Cl2N3O3S. The van der Waals surface area contributed by atoms with E-state index < -0.39 is 11.1 Å². The van der Waals surface area contributed by atoms with Crippen molar-refractivity contribution >= 4 is 63.6 Å². The van der Waals surface area contributed by atoms with E-state index in [0.717, 1.165) is 16.7 Å². The Labute approximate surface area is 198 Å². The summed E-state index contributed by atoms with van der Waals surface area (Å²) >= 11 is 13.0. The third-order valence-corrected chi connectivity index (χ3v) is 6.18. The highest BCUT2D eigenvalue weighted by Crippen LogP contribution is 2.36. The van der Waals surface area contributed by atoms with Gasteiger partial charge in [-0.05, 0) is 59.8 Å². The number of carbonyl (C=O) groups is 2. The lowest BCUT2D eigenvalue weighted by atomic mass is 10.1. The summed E-state index contributed by atoms with van der Waals surface area (Å²) in [6.45, 7) is 0.0692. The summed E-state index contributed by atoms with van der Waals surface area (Å²) < 4.78 is 0. The molecule has 1 aliphatic heterocycles. The molecule has 160 valence electrons. The highest BCUT2D eigenvalue weighted by Gasteiger charge is 2.35. The number of azo groups is 1. The Kier molecular flexibility index (Phi) is 6.60. The fraction of sp³-hybridized carbons (Fsp3) is 0.0435. The first kappa shape index (κ1) is 22.1. The molecule has 1 aliphatic rings. The molecule has 1 N–H and O–H groups in total. The minimum atomic E-state index is -0.456. The van der Waals surface area contributed by atoms with Crippen molar-refractivity contribution < 1.29 is 14.7 Å². The number of rotatable bonds is 5. The van der Waals surface area contributed by atoms with Crippen molar-refractivity contribution in [2.75, 3.05) is 0 Å². The molecule has 9 heteroatoms. The van der Waals surface area contributed by atoms with Gasteiger partial charge in [-0.1, -0.05) is 53.5 Å². The molecule has 0 saturated carbocycles. The van der Waals surface area contributed by atoms with Crippen LogP contribution in [0.2, 0.25) is 10.0 Å². The van der Waals surface area contributed by atoms with Crippen molar-refractivity contribution in [1.82, 2.24) is 4.90 Å². The van der Waals surface area contributed by atoms with Gasteiger partial charge in [0.15, 0.2) is 0 Å². The molecule has 1 fully saturated rings. The maximum Gasteiger partial charge on any atom is 0.293 e. The predicted molar refractivity (Wildman–Crippen MR) is 127 cm³/mol. The van der Waals surface area contributed by atoms with Gasteiger partial charge in [0.1, 0.15) is 11.4 Å². The van der Waals surface area contributed by atoms with Crippen LogP contribution in [0.4, 0.5) is 16.2 Å². The maximum absolute atomic E-state index is 12.8. The van der Waals surface area contributed by atoms with Crippen molar-refractivity contribution in [3.8, 4) is 5.75 Å². The van der Waals surface area contributed by atoms with Crippen molar-refractivity contribution in [3.63, 3.8) is 0 Å². The van der Waals surface area contributed by atoms with Gasteiger partial charge in [0.2, 0.25) is 0 Å². The van der Waals surface area contributed by atoms with E-state index in [0.29, 0.717) is 32.5 Å². The Bertz CT molecular complexity index is 1280. The van der Waals surface area contributed by atoms with Crippen molar-refractivity contribution in [1.29, 1.82) is 0 Å². The molecule has 0 aromatic heterocycles.